The fourth-order valence-electron chi connectivity index (χ4n) is 4.00. The standard InChI is InChI=1S/C18H23N5O/c1-21-12-14(11-20-21)22-9-7-17(18(22)24)23-8-3-5-15-13(10-19)4-2-6-16(15)23/h2,4,6,11-12,17H,3,5,7-10,19H2,1H3. The molecule has 0 spiro atoms. The highest BCUT2D eigenvalue weighted by atomic mass is 16.2. The monoisotopic (exact) mass is 325 g/mol. The van der Waals surface area contributed by atoms with Gasteiger partial charge in [0.1, 0.15) is 6.04 Å². The Morgan fingerprint density at radius 1 is 1.33 bits per heavy atom. The molecule has 1 aromatic heterocycles. The summed E-state index contributed by atoms with van der Waals surface area (Å²) in [5.74, 6) is 0.175. The van der Waals surface area contributed by atoms with E-state index in [2.05, 4.69) is 28.2 Å². The zero-order chi connectivity index (χ0) is 16.7. The number of carbonyl (C=O) groups is 1. The Kier molecular flexibility index (Phi) is 3.76. The first-order valence-electron chi connectivity index (χ1n) is 8.56. The number of rotatable bonds is 3. The summed E-state index contributed by atoms with van der Waals surface area (Å²) in [6, 6.07) is 6.20. The van der Waals surface area contributed by atoms with E-state index in [9.17, 15) is 4.79 Å². The number of benzene rings is 1. The summed E-state index contributed by atoms with van der Waals surface area (Å²) >= 11 is 0. The molecule has 2 aliphatic rings. The summed E-state index contributed by atoms with van der Waals surface area (Å²) in [6.07, 6.45) is 6.63. The van der Waals surface area contributed by atoms with Crippen molar-refractivity contribution in [2.75, 3.05) is 22.9 Å². The summed E-state index contributed by atoms with van der Waals surface area (Å²) in [4.78, 5) is 17.1. The van der Waals surface area contributed by atoms with Gasteiger partial charge in [0.25, 0.3) is 0 Å². The van der Waals surface area contributed by atoms with Crippen LogP contribution in [0.4, 0.5) is 11.4 Å². The second-order valence-electron chi connectivity index (χ2n) is 6.58. The van der Waals surface area contributed by atoms with Gasteiger partial charge in [0.05, 0.1) is 11.9 Å². The molecule has 0 saturated carbocycles. The van der Waals surface area contributed by atoms with Crippen molar-refractivity contribution in [2.24, 2.45) is 12.8 Å². The molecule has 0 aliphatic carbocycles. The third-order valence-electron chi connectivity index (χ3n) is 5.16. The van der Waals surface area contributed by atoms with Crippen LogP contribution in [0.3, 0.4) is 0 Å². The Labute approximate surface area is 141 Å². The van der Waals surface area contributed by atoms with E-state index in [4.69, 9.17) is 5.73 Å². The summed E-state index contributed by atoms with van der Waals surface area (Å²) in [5, 5.41) is 4.19. The number of hydrogen-bond acceptors (Lipinski definition) is 4. The van der Waals surface area contributed by atoms with Crippen molar-refractivity contribution in [2.45, 2.75) is 31.8 Å². The Morgan fingerprint density at radius 2 is 2.21 bits per heavy atom. The number of carbonyl (C=O) groups excluding carboxylic acids is 1. The van der Waals surface area contributed by atoms with Gasteiger partial charge in [-0.3, -0.25) is 9.48 Å². The van der Waals surface area contributed by atoms with E-state index in [1.165, 1.54) is 16.8 Å². The smallest absolute Gasteiger partial charge is 0.249 e. The van der Waals surface area contributed by atoms with Gasteiger partial charge in [-0.1, -0.05) is 12.1 Å². The third-order valence-corrected chi connectivity index (χ3v) is 5.16. The number of aromatic nitrogens is 2. The fourth-order valence-corrected chi connectivity index (χ4v) is 4.00. The van der Waals surface area contributed by atoms with Gasteiger partial charge >= 0.3 is 0 Å². The maximum Gasteiger partial charge on any atom is 0.249 e. The lowest BCUT2D eigenvalue weighted by Crippen LogP contribution is -2.44. The van der Waals surface area contributed by atoms with Gasteiger partial charge < -0.3 is 15.5 Å². The van der Waals surface area contributed by atoms with Gasteiger partial charge in [-0.05, 0) is 36.5 Å². The molecule has 2 N–H and O–H groups in total. The molecule has 4 rings (SSSR count). The minimum atomic E-state index is -0.0859. The first-order chi connectivity index (χ1) is 11.7. The van der Waals surface area contributed by atoms with Gasteiger partial charge in [-0.25, -0.2) is 0 Å². The highest BCUT2D eigenvalue weighted by Gasteiger charge is 2.38. The van der Waals surface area contributed by atoms with Crippen molar-refractivity contribution >= 4 is 17.3 Å². The van der Waals surface area contributed by atoms with E-state index >= 15 is 0 Å². The quantitative estimate of drug-likeness (QED) is 0.927. The molecular formula is C18H23N5O. The molecule has 2 aliphatic heterocycles. The average Bonchev–Trinajstić information content (AvgIpc) is 3.19. The lowest BCUT2D eigenvalue weighted by atomic mass is 9.95. The van der Waals surface area contributed by atoms with Crippen LogP contribution in [-0.2, 0) is 24.8 Å². The molecular weight excluding hydrogens is 302 g/mol. The molecule has 24 heavy (non-hydrogen) atoms. The van der Waals surface area contributed by atoms with Crippen molar-refractivity contribution in [3.63, 3.8) is 0 Å². The lowest BCUT2D eigenvalue weighted by Gasteiger charge is -2.36. The normalized spacial score (nSPS) is 20.6. The fraction of sp³-hybridized carbons (Fsp3) is 0.444. The molecule has 6 heteroatoms. The lowest BCUT2D eigenvalue weighted by molar-refractivity contribution is -0.118. The Morgan fingerprint density at radius 3 is 2.96 bits per heavy atom. The molecule has 1 amide bonds. The zero-order valence-corrected chi connectivity index (χ0v) is 14.0. The van der Waals surface area contributed by atoms with Gasteiger partial charge in [0, 0.05) is 38.6 Å². The molecule has 1 saturated heterocycles. The van der Waals surface area contributed by atoms with E-state index in [-0.39, 0.29) is 11.9 Å². The van der Waals surface area contributed by atoms with Crippen LogP contribution in [0.1, 0.15) is 24.0 Å². The van der Waals surface area contributed by atoms with E-state index < -0.39 is 0 Å². The van der Waals surface area contributed by atoms with Crippen LogP contribution in [0.5, 0.6) is 0 Å². The highest BCUT2D eigenvalue weighted by Crippen LogP contribution is 2.34. The van der Waals surface area contributed by atoms with Crippen LogP contribution in [0.2, 0.25) is 0 Å². The summed E-state index contributed by atoms with van der Waals surface area (Å²) in [7, 11) is 1.87. The second kappa shape index (κ2) is 5.94. The average molecular weight is 325 g/mol. The van der Waals surface area contributed by atoms with Gasteiger partial charge in [0.15, 0.2) is 0 Å². The van der Waals surface area contributed by atoms with Crippen molar-refractivity contribution in [1.82, 2.24) is 9.78 Å². The molecule has 126 valence electrons. The number of fused-ring (bicyclic) bond motifs is 1. The number of anilines is 2. The van der Waals surface area contributed by atoms with Crippen LogP contribution in [0.25, 0.3) is 0 Å². The molecule has 1 atom stereocenters. The maximum atomic E-state index is 13.0. The first-order valence-corrected chi connectivity index (χ1v) is 8.56. The van der Waals surface area contributed by atoms with Crippen molar-refractivity contribution in [3.05, 3.63) is 41.7 Å². The van der Waals surface area contributed by atoms with E-state index in [1.54, 1.807) is 10.9 Å². The molecule has 2 aromatic rings. The SMILES string of the molecule is Cn1cc(N2CCC(N3CCCc4c(CN)cccc43)C2=O)cn1. The summed E-state index contributed by atoms with van der Waals surface area (Å²) in [5.41, 5.74) is 10.5. The second-order valence-corrected chi connectivity index (χ2v) is 6.58. The molecule has 1 unspecified atom stereocenters. The van der Waals surface area contributed by atoms with Crippen LogP contribution < -0.4 is 15.5 Å². The Hall–Kier alpha value is -2.34. The van der Waals surface area contributed by atoms with Gasteiger partial charge in [0.2, 0.25) is 5.91 Å². The van der Waals surface area contributed by atoms with Gasteiger partial charge in [-0.2, -0.15) is 5.10 Å². The molecule has 6 nitrogen and oxygen atoms in total. The van der Waals surface area contributed by atoms with E-state index in [0.29, 0.717) is 6.54 Å². The topological polar surface area (TPSA) is 67.4 Å². The summed E-state index contributed by atoms with van der Waals surface area (Å²) in [6.45, 7) is 2.23. The highest BCUT2D eigenvalue weighted by molar-refractivity contribution is 6.01. The Bertz CT molecular complexity index is 769. The molecule has 0 radical (unpaired) electrons. The van der Waals surface area contributed by atoms with Crippen molar-refractivity contribution in [1.29, 1.82) is 0 Å². The maximum absolute atomic E-state index is 13.0. The van der Waals surface area contributed by atoms with Crippen LogP contribution in [-0.4, -0.2) is 34.8 Å². The molecule has 3 heterocycles. The van der Waals surface area contributed by atoms with Crippen LogP contribution in [0, 0.1) is 0 Å². The first kappa shape index (κ1) is 15.2. The summed E-state index contributed by atoms with van der Waals surface area (Å²) < 4.78 is 1.74. The number of aryl methyl sites for hydroxylation is 1. The van der Waals surface area contributed by atoms with Gasteiger partial charge in [-0.15, -0.1) is 0 Å². The number of nitrogens with zero attached hydrogens (tertiary/aromatic N) is 4. The number of hydrogen-bond donors (Lipinski definition) is 1. The van der Waals surface area contributed by atoms with Crippen molar-refractivity contribution < 1.29 is 4.79 Å². The van der Waals surface area contributed by atoms with E-state index in [1.807, 2.05) is 18.1 Å². The third kappa shape index (κ3) is 2.38. The van der Waals surface area contributed by atoms with Crippen LogP contribution in [0.15, 0.2) is 30.6 Å². The van der Waals surface area contributed by atoms with E-state index in [0.717, 1.165) is 38.0 Å². The predicted octanol–water partition coefficient (Wildman–Crippen LogP) is 1.44. The van der Waals surface area contributed by atoms with Crippen LogP contribution >= 0.6 is 0 Å². The molecule has 1 fully saturated rings. The largest absolute Gasteiger partial charge is 0.359 e. The Balaban J connectivity index is 1.63. The molecule has 0 bridgehead atoms. The minimum absolute atomic E-state index is 0.0859. The van der Waals surface area contributed by atoms with Crippen molar-refractivity contribution in [3.8, 4) is 0 Å². The zero-order valence-electron chi connectivity index (χ0n) is 14.0. The predicted molar refractivity (Wildman–Crippen MR) is 94.0 cm³/mol. The number of amides is 1. The molecule has 1 aromatic carbocycles. The minimum Gasteiger partial charge on any atom is -0.359 e. The number of nitrogens with two attached hydrogens (primary N) is 1.